The van der Waals surface area contributed by atoms with Gasteiger partial charge in [-0.3, -0.25) is 4.48 Å². The van der Waals surface area contributed by atoms with E-state index >= 15 is 0 Å². The van der Waals surface area contributed by atoms with Gasteiger partial charge in [0.15, 0.2) is 6.67 Å². The van der Waals surface area contributed by atoms with Gasteiger partial charge in [0.2, 0.25) is 0 Å². The molecule has 0 radical (unpaired) electrons. The first kappa shape index (κ1) is 11.6. The molecular weight excluding hydrogens is 172 g/mol. The second-order valence-electron chi connectivity index (χ2n) is 4.61. The molecule has 0 bridgehead atoms. The van der Waals surface area contributed by atoms with Crippen LogP contribution in [0.15, 0.2) is 12.4 Å². The van der Waals surface area contributed by atoms with Gasteiger partial charge in [-0.1, -0.05) is 19.8 Å². The van der Waals surface area contributed by atoms with Crippen LogP contribution in [-0.4, -0.2) is 36.2 Å². The average molecular weight is 197 g/mol. The molecule has 0 fully saturated rings. The zero-order chi connectivity index (χ0) is 10.4. The number of rotatable bonds is 6. The quantitative estimate of drug-likeness (QED) is 0.467. The minimum atomic E-state index is 1.11. The van der Waals surface area contributed by atoms with Gasteiger partial charge in [0.05, 0.1) is 19.8 Å². The molecule has 1 atom stereocenters. The minimum absolute atomic E-state index is 1.11. The van der Waals surface area contributed by atoms with Crippen LogP contribution in [0.1, 0.15) is 39.5 Å². The summed E-state index contributed by atoms with van der Waals surface area (Å²) in [6, 6.07) is 0. The molecule has 1 aliphatic rings. The molecule has 14 heavy (non-hydrogen) atoms. The summed E-state index contributed by atoms with van der Waals surface area (Å²) in [5.41, 5.74) is 0. The molecule has 1 aliphatic heterocycles. The van der Waals surface area contributed by atoms with Gasteiger partial charge in [0.1, 0.15) is 6.20 Å². The Morgan fingerprint density at radius 2 is 2.00 bits per heavy atom. The van der Waals surface area contributed by atoms with E-state index in [1.54, 1.807) is 0 Å². The number of unbranched alkanes of at least 4 members (excludes halogenated alkanes) is 3. The Bertz CT molecular complexity index is 189. The fraction of sp³-hybridized carbons (Fsp3) is 0.833. The predicted octanol–water partition coefficient (Wildman–Crippen LogP) is 2.78. The molecule has 0 saturated heterocycles. The molecule has 0 aliphatic carbocycles. The van der Waals surface area contributed by atoms with Crippen LogP contribution >= 0.6 is 0 Å². The molecule has 2 nitrogen and oxygen atoms in total. The van der Waals surface area contributed by atoms with Crippen LogP contribution in [0.2, 0.25) is 0 Å². The number of nitrogens with zero attached hydrogens (tertiary/aromatic N) is 2. The smallest absolute Gasteiger partial charge is 0.158 e. The molecule has 0 spiro atoms. The molecule has 2 heteroatoms. The third kappa shape index (κ3) is 3.33. The number of quaternary nitrogens is 1. The van der Waals surface area contributed by atoms with Crippen molar-refractivity contribution in [2.45, 2.75) is 39.5 Å². The van der Waals surface area contributed by atoms with E-state index in [0.29, 0.717) is 0 Å². The Labute approximate surface area is 88.8 Å². The van der Waals surface area contributed by atoms with E-state index in [4.69, 9.17) is 0 Å². The summed E-state index contributed by atoms with van der Waals surface area (Å²) in [6.07, 6.45) is 10.1. The fourth-order valence-electron chi connectivity index (χ4n) is 2.01. The number of hydrogen-bond acceptors (Lipinski definition) is 1. The second kappa shape index (κ2) is 5.40. The largest absolute Gasteiger partial charge is 0.326 e. The number of hydrogen-bond donors (Lipinski definition) is 0. The highest BCUT2D eigenvalue weighted by atomic mass is 15.5. The highest BCUT2D eigenvalue weighted by Gasteiger charge is 2.25. The average Bonchev–Trinajstić information content (AvgIpc) is 2.56. The van der Waals surface area contributed by atoms with Crippen molar-refractivity contribution in [2.75, 3.05) is 26.8 Å². The molecular formula is C12H25N2+. The summed E-state index contributed by atoms with van der Waals surface area (Å²) < 4.78 is 1.11. The van der Waals surface area contributed by atoms with E-state index in [2.05, 4.69) is 38.2 Å². The van der Waals surface area contributed by atoms with Crippen molar-refractivity contribution in [1.82, 2.24) is 4.90 Å². The normalized spacial score (nSPS) is 26.1. The molecule has 0 aromatic carbocycles. The van der Waals surface area contributed by atoms with E-state index < -0.39 is 0 Å². The van der Waals surface area contributed by atoms with Crippen molar-refractivity contribution in [3.63, 3.8) is 0 Å². The summed E-state index contributed by atoms with van der Waals surface area (Å²) in [5, 5.41) is 0. The van der Waals surface area contributed by atoms with Crippen LogP contribution in [0.5, 0.6) is 0 Å². The Balaban J connectivity index is 2.20. The van der Waals surface area contributed by atoms with Gasteiger partial charge in [-0.15, -0.1) is 0 Å². The zero-order valence-electron chi connectivity index (χ0n) is 10.00. The topological polar surface area (TPSA) is 3.24 Å². The fourth-order valence-corrected chi connectivity index (χ4v) is 2.01. The summed E-state index contributed by atoms with van der Waals surface area (Å²) in [7, 11) is 2.33. The van der Waals surface area contributed by atoms with Gasteiger partial charge >= 0.3 is 0 Å². The molecule has 0 amide bonds. The van der Waals surface area contributed by atoms with E-state index in [-0.39, 0.29) is 0 Å². The highest BCUT2D eigenvalue weighted by Crippen LogP contribution is 2.16. The van der Waals surface area contributed by atoms with Gasteiger partial charge in [0, 0.05) is 6.54 Å². The first-order valence-corrected chi connectivity index (χ1v) is 5.98. The first-order valence-electron chi connectivity index (χ1n) is 5.98. The summed E-state index contributed by atoms with van der Waals surface area (Å²) >= 11 is 0. The van der Waals surface area contributed by atoms with Crippen LogP contribution in [-0.2, 0) is 0 Å². The Morgan fingerprint density at radius 1 is 1.21 bits per heavy atom. The van der Waals surface area contributed by atoms with Gasteiger partial charge in [-0.25, -0.2) is 0 Å². The van der Waals surface area contributed by atoms with Gasteiger partial charge < -0.3 is 4.90 Å². The van der Waals surface area contributed by atoms with Gasteiger partial charge in [-0.2, -0.15) is 0 Å². The van der Waals surface area contributed by atoms with Crippen molar-refractivity contribution in [3.05, 3.63) is 12.4 Å². The lowest BCUT2D eigenvalue weighted by molar-refractivity contribution is -0.861. The van der Waals surface area contributed by atoms with Crippen LogP contribution < -0.4 is 0 Å². The third-order valence-electron chi connectivity index (χ3n) is 3.07. The maximum absolute atomic E-state index is 2.39. The van der Waals surface area contributed by atoms with Crippen LogP contribution in [0.3, 0.4) is 0 Å². The first-order chi connectivity index (χ1) is 6.70. The van der Waals surface area contributed by atoms with Crippen LogP contribution in [0, 0.1) is 0 Å². The monoisotopic (exact) mass is 197 g/mol. The van der Waals surface area contributed by atoms with Crippen LogP contribution in [0.25, 0.3) is 0 Å². The second-order valence-corrected chi connectivity index (χ2v) is 4.61. The molecule has 82 valence electrons. The lowest BCUT2D eigenvalue weighted by Crippen LogP contribution is -2.41. The maximum atomic E-state index is 2.39. The Hall–Kier alpha value is -0.500. The third-order valence-corrected chi connectivity index (χ3v) is 3.07. The predicted molar refractivity (Wildman–Crippen MR) is 61.6 cm³/mol. The van der Waals surface area contributed by atoms with Crippen molar-refractivity contribution in [1.29, 1.82) is 0 Å². The van der Waals surface area contributed by atoms with Crippen LogP contribution in [0.4, 0.5) is 0 Å². The minimum Gasteiger partial charge on any atom is -0.326 e. The molecule has 1 heterocycles. The molecule has 0 aromatic rings. The summed E-state index contributed by atoms with van der Waals surface area (Å²) in [5.74, 6) is 0. The van der Waals surface area contributed by atoms with Gasteiger partial charge in [0.25, 0.3) is 0 Å². The Morgan fingerprint density at radius 3 is 2.57 bits per heavy atom. The lowest BCUT2D eigenvalue weighted by Gasteiger charge is -2.28. The Kier molecular flexibility index (Phi) is 4.46. The molecule has 1 rings (SSSR count). The van der Waals surface area contributed by atoms with Crippen molar-refractivity contribution in [2.24, 2.45) is 0 Å². The zero-order valence-corrected chi connectivity index (χ0v) is 10.00. The standard InChI is InChI=1S/C12H25N2/c1-4-6-7-8-10-14(3)11-9-13(5-2)12-14/h9,11H,4-8,10,12H2,1-3H3/q+1. The van der Waals surface area contributed by atoms with E-state index in [1.807, 2.05) is 0 Å². The summed E-state index contributed by atoms with van der Waals surface area (Å²) in [4.78, 5) is 2.39. The molecule has 0 saturated carbocycles. The molecule has 0 N–H and O–H groups in total. The molecule has 1 unspecified atom stereocenters. The van der Waals surface area contributed by atoms with E-state index in [1.165, 1.54) is 38.9 Å². The van der Waals surface area contributed by atoms with E-state index in [0.717, 1.165) is 11.0 Å². The maximum Gasteiger partial charge on any atom is 0.158 e. The van der Waals surface area contributed by atoms with Crippen molar-refractivity contribution in [3.8, 4) is 0 Å². The lowest BCUT2D eigenvalue weighted by atomic mass is 10.2. The van der Waals surface area contributed by atoms with Crippen molar-refractivity contribution >= 4 is 0 Å². The SMILES string of the molecule is CCCCCC[N+]1(C)C=CN(CC)C1. The highest BCUT2D eigenvalue weighted by molar-refractivity contribution is 4.80. The molecule has 0 aromatic heterocycles. The van der Waals surface area contributed by atoms with E-state index in [9.17, 15) is 0 Å². The summed E-state index contributed by atoms with van der Waals surface area (Å²) in [6.45, 7) is 8.09. The van der Waals surface area contributed by atoms with Crippen molar-refractivity contribution < 1.29 is 4.48 Å². The van der Waals surface area contributed by atoms with Gasteiger partial charge in [-0.05, 0) is 19.8 Å².